The molecule has 0 fully saturated rings. The van der Waals surface area contributed by atoms with Crippen LogP contribution >= 0.6 is 0 Å². The van der Waals surface area contributed by atoms with Gasteiger partial charge in [-0.2, -0.15) is 0 Å². The maximum absolute atomic E-state index is 10.6. The van der Waals surface area contributed by atoms with Crippen LogP contribution in [0.2, 0.25) is 0 Å². The van der Waals surface area contributed by atoms with Crippen molar-refractivity contribution < 1.29 is 9.53 Å². The second-order valence-electron chi connectivity index (χ2n) is 3.13. The van der Waals surface area contributed by atoms with E-state index in [1.165, 1.54) is 45.3 Å². The lowest BCUT2D eigenvalue weighted by atomic mass is 10.1. The second kappa shape index (κ2) is 9.30. The van der Waals surface area contributed by atoms with Crippen molar-refractivity contribution in [2.45, 2.75) is 45.4 Å². The van der Waals surface area contributed by atoms with Crippen molar-refractivity contribution in [2.24, 2.45) is 0 Å². The lowest BCUT2D eigenvalue weighted by molar-refractivity contribution is -0.134. The van der Waals surface area contributed by atoms with Crippen LogP contribution in [0.4, 0.5) is 0 Å². The first-order valence-corrected chi connectivity index (χ1v) is 5.05. The average molecular weight is 184 g/mol. The molecule has 13 heavy (non-hydrogen) atoms. The van der Waals surface area contributed by atoms with E-state index in [4.69, 9.17) is 0 Å². The van der Waals surface area contributed by atoms with Gasteiger partial charge in [-0.1, -0.05) is 38.7 Å². The molecular weight excluding hydrogens is 164 g/mol. The van der Waals surface area contributed by atoms with Gasteiger partial charge in [0, 0.05) is 6.08 Å². The van der Waals surface area contributed by atoms with E-state index in [1.54, 1.807) is 0 Å². The van der Waals surface area contributed by atoms with Crippen molar-refractivity contribution in [2.75, 3.05) is 7.11 Å². The van der Waals surface area contributed by atoms with Crippen LogP contribution in [0.15, 0.2) is 12.2 Å². The highest BCUT2D eigenvalue weighted by molar-refractivity contribution is 5.81. The summed E-state index contributed by atoms with van der Waals surface area (Å²) in [5, 5.41) is 0. The molecule has 76 valence electrons. The lowest BCUT2D eigenvalue weighted by Gasteiger charge is -1.95. The largest absolute Gasteiger partial charge is 0.466 e. The van der Waals surface area contributed by atoms with E-state index in [0.717, 1.165) is 6.42 Å². The van der Waals surface area contributed by atoms with Gasteiger partial charge in [0.1, 0.15) is 0 Å². The molecule has 0 saturated heterocycles. The van der Waals surface area contributed by atoms with Crippen LogP contribution in [0.1, 0.15) is 45.4 Å². The highest BCUT2D eigenvalue weighted by Crippen LogP contribution is 2.05. The Morgan fingerprint density at radius 3 is 2.54 bits per heavy atom. The third-order valence-corrected chi connectivity index (χ3v) is 1.93. The smallest absolute Gasteiger partial charge is 0.330 e. The monoisotopic (exact) mass is 184 g/mol. The SMILES string of the molecule is CCCCCCCC=CC(=O)OC. The highest BCUT2D eigenvalue weighted by atomic mass is 16.5. The summed E-state index contributed by atoms with van der Waals surface area (Å²) in [6.45, 7) is 2.21. The summed E-state index contributed by atoms with van der Waals surface area (Å²) < 4.78 is 4.47. The van der Waals surface area contributed by atoms with Crippen molar-refractivity contribution in [3.05, 3.63) is 12.2 Å². The van der Waals surface area contributed by atoms with Crippen LogP contribution in [-0.2, 0) is 9.53 Å². The fourth-order valence-corrected chi connectivity index (χ4v) is 1.11. The Labute approximate surface area is 81.0 Å². The number of allylic oxidation sites excluding steroid dienone is 1. The predicted molar refractivity (Wildman–Crippen MR) is 54.5 cm³/mol. The zero-order valence-corrected chi connectivity index (χ0v) is 8.71. The first kappa shape index (κ1) is 12.2. The third-order valence-electron chi connectivity index (χ3n) is 1.93. The van der Waals surface area contributed by atoms with Crippen molar-refractivity contribution in [3.63, 3.8) is 0 Å². The predicted octanol–water partition coefficient (Wildman–Crippen LogP) is 3.08. The Morgan fingerprint density at radius 1 is 1.23 bits per heavy atom. The van der Waals surface area contributed by atoms with Gasteiger partial charge >= 0.3 is 5.97 Å². The molecule has 0 saturated carbocycles. The molecular formula is C11H20O2. The van der Waals surface area contributed by atoms with Crippen LogP contribution in [0.25, 0.3) is 0 Å². The van der Waals surface area contributed by atoms with Crippen LogP contribution in [0.5, 0.6) is 0 Å². The summed E-state index contributed by atoms with van der Waals surface area (Å²) in [5.74, 6) is -0.256. The highest BCUT2D eigenvalue weighted by Gasteiger charge is 1.90. The van der Waals surface area contributed by atoms with Gasteiger partial charge < -0.3 is 4.74 Å². The van der Waals surface area contributed by atoms with Gasteiger partial charge in [-0.15, -0.1) is 0 Å². The van der Waals surface area contributed by atoms with E-state index in [9.17, 15) is 4.79 Å². The van der Waals surface area contributed by atoms with Gasteiger partial charge in [0.05, 0.1) is 7.11 Å². The van der Waals surface area contributed by atoms with Gasteiger partial charge in [0.25, 0.3) is 0 Å². The van der Waals surface area contributed by atoms with E-state index in [-0.39, 0.29) is 5.97 Å². The van der Waals surface area contributed by atoms with Gasteiger partial charge in [-0.25, -0.2) is 4.79 Å². The van der Waals surface area contributed by atoms with Crippen molar-refractivity contribution >= 4 is 5.97 Å². The summed E-state index contributed by atoms with van der Waals surface area (Å²) in [5.41, 5.74) is 0. The summed E-state index contributed by atoms with van der Waals surface area (Å²) in [7, 11) is 1.40. The molecule has 0 spiro atoms. The topological polar surface area (TPSA) is 26.3 Å². The van der Waals surface area contributed by atoms with Crippen LogP contribution in [0.3, 0.4) is 0 Å². The first-order chi connectivity index (χ1) is 6.31. The van der Waals surface area contributed by atoms with Gasteiger partial charge in [-0.05, 0) is 12.8 Å². The molecule has 0 aromatic carbocycles. The quantitative estimate of drug-likeness (QED) is 0.345. The minimum absolute atomic E-state index is 0.256. The minimum Gasteiger partial charge on any atom is -0.466 e. The number of ether oxygens (including phenoxy) is 1. The normalized spacial score (nSPS) is 10.6. The fraction of sp³-hybridized carbons (Fsp3) is 0.727. The molecule has 0 rings (SSSR count). The maximum Gasteiger partial charge on any atom is 0.330 e. The molecule has 2 heteroatoms. The first-order valence-electron chi connectivity index (χ1n) is 5.05. The Morgan fingerprint density at radius 2 is 1.92 bits per heavy atom. The van der Waals surface area contributed by atoms with E-state index in [2.05, 4.69) is 11.7 Å². The number of methoxy groups -OCH3 is 1. The number of carbonyl (C=O) groups is 1. The molecule has 0 unspecified atom stereocenters. The Kier molecular flexibility index (Phi) is 8.73. The van der Waals surface area contributed by atoms with E-state index in [0.29, 0.717) is 0 Å². The van der Waals surface area contributed by atoms with Crippen LogP contribution in [0, 0.1) is 0 Å². The summed E-state index contributed by atoms with van der Waals surface area (Å²) >= 11 is 0. The number of carbonyl (C=O) groups excluding carboxylic acids is 1. The Hall–Kier alpha value is -0.790. The molecule has 0 radical (unpaired) electrons. The average Bonchev–Trinajstić information content (AvgIpc) is 2.16. The lowest BCUT2D eigenvalue weighted by Crippen LogP contribution is -1.93. The molecule has 0 bridgehead atoms. The minimum atomic E-state index is -0.256. The summed E-state index contributed by atoms with van der Waals surface area (Å²) in [6, 6.07) is 0. The van der Waals surface area contributed by atoms with Gasteiger partial charge in [0.15, 0.2) is 0 Å². The fourth-order valence-electron chi connectivity index (χ4n) is 1.11. The maximum atomic E-state index is 10.6. The number of hydrogen-bond donors (Lipinski definition) is 0. The molecule has 0 heterocycles. The molecule has 0 aliphatic heterocycles. The Bertz CT molecular complexity index is 150. The summed E-state index contributed by atoms with van der Waals surface area (Å²) in [4.78, 5) is 10.6. The number of rotatable bonds is 7. The zero-order valence-electron chi connectivity index (χ0n) is 8.71. The van der Waals surface area contributed by atoms with Crippen LogP contribution in [-0.4, -0.2) is 13.1 Å². The van der Waals surface area contributed by atoms with Crippen molar-refractivity contribution in [1.29, 1.82) is 0 Å². The van der Waals surface area contributed by atoms with Crippen molar-refractivity contribution in [1.82, 2.24) is 0 Å². The number of unbranched alkanes of at least 4 members (excludes halogenated alkanes) is 5. The molecule has 0 aromatic rings. The molecule has 0 aliphatic rings. The molecule has 2 nitrogen and oxygen atoms in total. The van der Waals surface area contributed by atoms with E-state index < -0.39 is 0 Å². The van der Waals surface area contributed by atoms with Crippen LogP contribution < -0.4 is 0 Å². The Balaban J connectivity index is 3.15. The molecule has 0 aliphatic carbocycles. The standard InChI is InChI=1S/C11H20O2/c1-3-4-5-6-7-8-9-10-11(12)13-2/h9-10H,3-8H2,1-2H3. The third kappa shape index (κ3) is 9.12. The molecule has 0 amide bonds. The van der Waals surface area contributed by atoms with Crippen molar-refractivity contribution in [3.8, 4) is 0 Å². The van der Waals surface area contributed by atoms with E-state index >= 15 is 0 Å². The number of esters is 1. The zero-order chi connectivity index (χ0) is 9.94. The molecule has 0 atom stereocenters. The second-order valence-corrected chi connectivity index (χ2v) is 3.13. The van der Waals surface area contributed by atoms with Gasteiger partial charge in [0.2, 0.25) is 0 Å². The molecule has 0 aromatic heterocycles. The number of hydrogen-bond acceptors (Lipinski definition) is 2. The van der Waals surface area contributed by atoms with Gasteiger partial charge in [-0.3, -0.25) is 0 Å². The summed E-state index contributed by atoms with van der Waals surface area (Å²) in [6.07, 6.45) is 10.7. The molecule has 0 N–H and O–H groups in total. The van der Waals surface area contributed by atoms with E-state index in [1.807, 2.05) is 6.08 Å².